The van der Waals surface area contributed by atoms with Crippen molar-refractivity contribution in [3.05, 3.63) is 95.1 Å². The second kappa shape index (κ2) is 11.1. The van der Waals surface area contributed by atoms with Crippen molar-refractivity contribution in [3.8, 4) is 11.1 Å². The molecule has 3 heteroatoms. The van der Waals surface area contributed by atoms with Crippen molar-refractivity contribution in [2.45, 2.75) is 20.8 Å². The molecule has 0 bridgehead atoms. The van der Waals surface area contributed by atoms with Crippen LogP contribution in [-0.2, 0) is 4.57 Å². The lowest BCUT2D eigenvalue weighted by Gasteiger charge is -2.03. The lowest BCUT2D eigenvalue weighted by atomic mass is 10.0. The first-order chi connectivity index (χ1) is 12.1. The predicted octanol–water partition coefficient (Wildman–Crippen LogP) is 6.52. The molecular formula is C22H22O2P. The van der Waals surface area contributed by atoms with Crippen molar-refractivity contribution in [1.82, 2.24) is 0 Å². The minimum Gasteiger partial charge on any atom is -0.298 e. The lowest BCUT2D eigenvalue weighted by Crippen LogP contribution is -1.85. The van der Waals surface area contributed by atoms with Gasteiger partial charge in [0.15, 0.2) is 6.29 Å². The number of carbonyl (C=O) groups excluding carboxylic acids is 1. The molecule has 0 amide bonds. The Balaban J connectivity index is 0.000000246. The molecule has 0 spiro atoms. The summed E-state index contributed by atoms with van der Waals surface area (Å²) in [7, 11) is 2.28. The third-order valence-corrected chi connectivity index (χ3v) is 3.54. The van der Waals surface area contributed by atoms with Gasteiger partial charge in [-0.2, -0.15) is 0 Å². The van der Waals surface area contributed by atoms with E-state index in [1.807, 2.05) is 54.6 Å². The first-order valence-corrected chi connectivity index (χ1v) is 8.29. The van der Waals surface area contributed by atoms with Crippen molar-refractivity contribution in [2.24, 2.45) is 0 Å². The number of hydrogen-bond acceptors (Lipinski definition) is 2. The van der Waals surface area contributed by atoms with Gasteiger partial charge in [-0.1, -0.05) is 89.5 Å². The van der Waals surface area contributed by atoms with Crippen molar-refractivity contribution >= 4 is 15.4 Å². The maximum Gasteiger partial charge on any atom is 0.261 e. The van der Waals surface area contributed by atoms with E-state index in [0.29, 0.717) is 0 Å². The molecule has 3 aromatic rings. The topological polar surface area (TPSA) is 34.1 Å². The minimum absolute atomic E-state index is 0.735. The Morgan fingerprint density at radius 1 is 0.680 bits per heavy atom. The lowest BCUT2D eigenvalue weighted by molar-refractivity contribution is 0.112. The molecule has 0 aromatic heterocycles. The summed E-state index contributed by atoms with van der Waals surface area (Å²) in [6, 6.07) is 24.1. The quantitative estimate of drug-likeness (QED) is 0.390. The van der Waals surface area contributed by atoms with Gasteiger partial charge < -0.3 is 0 Å². The van der Waals surface area contributed by atoms with E-state index in [-0.39, 0.29) is 0 Å². The zero-order valence-corrected chi connectivity index (χ0v) is 15.7. The molecule has 25 heavy (non-hydrogen) atoms. The van der Waals surface area contributed by atoms with E-state index in [9.17, 15) is 4.79 Å². The largest absolute Gasteiger partial charge is 0.298 e. The van der Waals surface area contributed by atoms with Crippen LogP contribution in [-0.4, -0.2) is 6.29 Å². The Bertz CT molecular complexity index is 748. The fourth-order valence-electron chi connectivity index (χ4n) is 2.68. The van der Waals surface area contributed by atoms with E-state index in [0.717, 1.165) is 23.0 Å². The number of carbonyl (C=O) groups is 1. The maximum atomic E-state index is 10.8. The summed E-state index contributed by atoms with van der Waals surface area (Å²) in [6.07, 6.45) is 0.891. The summed E-state index contributed by atoms with van der Waals surface area (Å²) in [5.74, 6) is 0. The van der Waals surface area contributed by atoms with Crippen molar-refractivity contribution in [1.29, 1.82) is 0 Å². The molecule has 0 atom stereocenters. The van der Waals surface area contributed by atoms with E-state index in [4.69, 9.17) is 4.57 Å². The highest BCUT2D eigenvalue weighted by Crippen LogP contribution is 2.21. The predicted molar refractivity (Wildman–Crippen MR) is 106 cm³/mol. The van der Waals surface area contributed by atoms with E-state index in [1.54, 1.807) is 0 Å². The number of aldehydes is 1. The van der Waals surface area contributed by atoms with Crippen molar-refractivity contribution in [3.63, 3.8) is 0 Å². The molecule has 0 aliphatic rings. The third-order valence-electron chi connectivity index (χ3n) is 3.54. The molecule has 0 saturated heterocycles. The summed E-state index contributed by atoms with van der Waals surface area (Å²) in [5.41, 5.74) is 6.87. The van der Waals surface area contributed by atoms with E-state index >= 15 is 0 Å². The molecule has 0 aliphatic carbocycles. The Labute approximate surface area is 152 Å². The number of aryl methyl sites for hydroxylation is 3. The van der Waals surface area contributed by atoms with Crippen LogP contribution in [0.25, 0.3) is 11.1 Å². The highest BCUT2D eigenvalue weighted by molar-refractivity contribution is 7.00. The highest BCUT2D eigenvalue weighted by Gasteiger charge is 2.01. The zero-order chi connectivity index (χ0) is 18.7. The van der Waals surface area contributed by atoms with Crippen LogP contribution in [0.1, 0.15) is 27.0 Å². The summed E-state index contributed by atoms with van der Waals surface area (Å²) in [4.78, 5) is 10.8. The van der Waals surface area contributed by atoms with Gasteiger partial charge in [0.05, 0.1) is 0 Å². The third kappa shape index (κ3) is 6.82. The number of hydrogen-bond donors (Lipinski definition) is 0. The van der Waals surface area contributed by atoms with E-state index < -0.39 is 0 Å². The summed E-state index contributed by atoms with van der Waals surface area (Å²) < 4.78 is 7.94. The van der Waals surface area contributed by atoms with Gasteiger partial charge in [-0.15, -0.1) is 0 Å². The van der Waals surface area contributed by atoms with Crippen LogP contribution in [0.2, 0.25) is 0 Å². The van der Waals surface area contributed by atoms with Crippen molar-refractivity contribution < 1.29 is 9.36 Å². The molecule has 127 valence electrons. The summed E-state index contributed by atoms with van der Waals surface area (Å²) in [5, 5.41) is 0. The van der Waals surface area contributed by atoms with Crippen LogP contribution in [0.15, 0.2) is 72.8 Å². The monoisotopic (exact) mass is 349 g/mol. The molecule has 0 saturated carbocycles. The van der Waals surface area contributed by atoms with Gasteiger partial charge in [0.1, 0.15) is 0 Å². The van der Waals surface area contributed by atoms with Gasteiger partial charge in [-0.25, -0.2) is 0 Å². The molecule has 3 rings (SSSR count). The van der Waals surface area contributed by atoms with Crippen LogP contribution in [0, 0.1) is 20.8 Å². The molecule has 1 radical (unpaired) electrons. The Morgan fingerprint density at radius 3 is 1.60 bits per heavy atom. The van der Waals surface area contributed by atoms with Gasteiger partial charge in [0.2, 0.25) is 0 Å². The Morgan fingerprint density at radius 2 is 1.12 bits per heavy atom. The van der Waals surface area contributed by atoms with Gasteiger partial charge in [0, 0.05) is 5.56 Å². The smallest absolute Gasteiger partial charge is 0.261 e. The van der Waals surface area contributed by atoms with Crippen molar-refractivity contribution in [2.75, 3.05) is 0 Å². The molecule has 0 aliphatic heterocycles. The van der Waals surface area contributed by atoms with Crippen LogP contribution < -0.4 is 0 Å². The van der Waals surface area contributed by atoms with Crippen LogP contribution >= 0.6 is 9.12 Å². The van der Waals surface area contributed by atoms with Gasteiger partial charge in [-0.05, 0) is 31.9 Å². The van der Waals surface area contributed by atoms with Gasteiger partial charge >= 0.3 is 0 Å². The average molecular weight is 349 g/mol. The van der Waals surface area contributed by atoms with Gasteiger partial charge in [-0.3, -0.25) is 9.36 Å². The minimum atomic E-state index is 0.735. The fraction of sp³-hybridized carbons (Fsp3) is 0.136. The molecule has 0 heterocycles. The van der Waals surface area contributed by atoms with Crippen LogP contribution in [0.5, 0.6) is 0 Å². The molecule has 0 fully saturated rings. The Hall–Kier alpha value is -2.57. The van der Waals surface area contributed by atoms with E-state index in [1.165, 1.54) is 16.7 Å². The fourth-order valence-corrected chi connectivity index (χ4v) is 2.68. The molecule has 0 N–H and O–H groups in total. The second-order valence-corrected chi connectivity index (χ2v) is 5.74. The zero-order valence-electron chi connectivity index (χ0n) is 14.8. The Kier molecular flexibility index (Phi) is 9.06. The summed E-state index contributed by atoms with van der Waals surface area (Å²) in [6.45, 7) is 6.38. The van der Waals surface area contributed by atoms with Crippen LogP contribution in [0.4, 0.5) is 0 Å². The molecular weight excluding hydrogens is 327 g/mol. The first kappa shape index (κ1) is 20.5. The highest BCUT2D eigenvalue weighted by atomic mass is 31.0. The standard InChI is InChI=1S/C13H10O.C9H12.OP/c14-10-12-8-4-5-9-13(12)11-6-2-1-3-7-11;1-7-4-8(2)6-9(3)5-7;1-2/h1-10H;4-6H,1-3H3;. The second-order valence-electron chi connectivity index (χ2n) is 5.74. The molecule has 0 unspecified atom stereocenters. The first-order valence-electron chi connectivity index (χ1n) is 7.93. The SMILES string of the molecule is Cc1cc(C)cc(C)c1.O=Cc1ccccc1-c1ccccc1.O=[P]. The average Bonchev–Trinajstić information content (AvgIpc) is 2.63. The molecule has 2 nitrogen and oxygen atoms in total. The molecule has 3 aromatic carbocycles. The maximum absolute atomic E-state index is 10.8. The van der Waals surface area contributed by atoms with E-state index in [2.05, 4.69) is 48.1 Å². The number of benzene rings is 3. The van der Waals surface area contributed by atoms with Gasteiger partial charge in [0.25, 0.3) is 9.12 Å². The summed E-state index contributed by atoms with van der Waals surface area (Å²) >= 11 is 0. The normalized spacial score (nSPS) is 9.08. The van der Waals surface area contributed by atoms with Crippen LogP contribution in [0.3, 0.4) is 0 Å². The number of rotatable bonds is 2.